The number of rotatable bonds is 7. The summed E-state index contributed by atoms with van der Waals surface area (Å²) in [6, 6.07) is 17.4. The van der Waals surface area contributed by atoms with Crippen LogP contribution < -0.4 is 20.0 Å². The molecule has 1 saturated carbocycles. The van der Waals surface area contributed by atoms with Crippen LogP contribution >= 0.6 is 39.1 Å². The second-order valence-electron chi connectivity index (χ2n) is 15.6. The van der Waals surface area contributed by atoms with Gasteiger partial charge in [0.2, 0.25) is 11.8 Å². The van der Waals surface area contributed by atoms with E-state index in [9.17, 15) is 27.9 Å². The number of hydrogen-bond donors (Lipinski definition) is 2. The molecule has 2 N–H and O–H groups in total. The minimum Gasteiger partial charge on any atom is -0.503 e. The van der Waals surface area contributed by atoms with E-state index in [1.54, 1.807) is 48.5 Å². The molecule has 18 heteroatoms. The second-order valence-corrected chi connectivity index (χ2v) is 17.3. The molecule has 3 aromatic carbocycles. The number of hydrogen-bond acceptors (Lipinski definition) is 10. The lowest BCUT2D eigenvalue weighted by molar-refractivity contribution is -0.139. The van der Waals surface area contributed by atoms with Crippen molar-refractivity contribution in [3.05, 3.63) is 116 Å². The van der Waals surface area contributed by atoms with Gasteiger partial charge < -0.3 is 19.5 Å². The first-order valence-corrected chi connectivity index (χ1v) is 20.9. The number of halogens is 6. The third-order valence-corrected chi connectivity index (χ3v) is 13.8. The molecular formula is C43H35BrCl2F3N5O7. The highest BCUT2D eigenvalue weighted by Crippen LogP contribution is 2.65. The maximum atomic E-state index is 15.5. The number of methoxy groups -OCH3 is 1. The highest BCUT2D eigenvalue weighted by Gasteiger charge is 2.70. The number of aromatic hydroxyl groups is 1. The summed E-state index contributed by atoms with van der Waals surface area (Å²) in [4.78, 5) is 66.8. The molecule has 4 heterocycles. The number of aromatic nitrogens is 1. The van der Waals surface area contributed by atoms with Crippen LogP contribution in [0.2, 0.25) is 10.0 Å². The highest BCUT2D eigenvalue weighted by atomic mass is 79.9. The van der Waals surface area contributed by atoms with Crippen molar-refractivity contribution in [1.29, 1.82) is 0 Å². The van der Waals surface area contributed by atoms with Crippen molar-refractivity contribution < 1.29 is 46.9 Å². The lowest BCUT2D eigenvalue weighted by atomic mass is 9.49. The predicted molar refractivity (Wildman–Crippen MR) is 221 cm³/mol. The van der Waals surface area contributed by atoms with Gasteiger partial charge in [0.25, 0.3) is 11.8 Å². The minimum absolute atomic E-state index is 0.0508. The van der Waals surface area contributed by atoms with Gasteiger partial charge >= 0.3 is 6.18 Å². The van der Waals surface area contributed by atoms with Crippen LogP contribution in [0.4, 0.5) is 30.4 Å². The molecule has 1 aromatic heterocycles. The van der Waals surface area contributed by atoms with Crippen molar-refractivity contribution in [3.8, 4) is 11.5 Å². The van der Waals surface area contributed by atoms with Crippen LogP contribution in [0.1, 0.15) is 35.4 Å². The number of phenolic OH excluding ortho intramolecular Hbond substituents is 1. The van der Waals surface area contributed by atoms with Crippen LogP contribution in [0.3, 0.4) is 0 Å². The summed E-state index contributed by atoms with van der Waals surface area (Å²) in [6.07, 6.45) is -2.28. The van der Waals surface area contributed by atoms with Gasteiger partial charge in [-0.05, 0) is 100 Å². The summed E-state index contributed by atoms with van der Waals surface area (Å²) in [5.41, 5.74) is 2.46. The van der Waals surface area contributed by atoms with E-state index in [0.717, 1.165) is 10.7 Å². The lowest BCUT2D eigenvalue weighted by Gasteiger charge is -2.50. The second kappa shape index (κ2) is 15.3. The SMILES string of the molecule is COc1cc([C@H]2C3=CC[C@@H]4C(=O)N(c5ccc(N6CCOCC6)cc5)C(=O)[C@@H]4[C@@H]3C[C@H]3C(=O)N(Nc4ncc(C(F)(F)F)cc4Cl)C(=O)[C@@]23c2ccc(Cl)cc2)cc(Br)c1O. The van der Waals surface area contributed by atoms with E-state index in [1.165, 1.54) is 12.0 Å². The number of morpholine rings is 1. The van der Waals surface area contributed by atoms with Gasteiger partial charge in [0.05, 0.1) is 64.2 Å². The molecule has 5 aliphatic rings. The Morgan fingerprint density at radius 3 is 2.28 bits per heavy atom. The summed E-state index contributed by atoms with van der Waals surface area (Å²) < 4.78 is 52.0. The molecule has 316 valence electrons. The number of hydrazine groups is 1. The van der Waals surface area contributed by atoms with Crippen molar-refractivity contribution in [1.82, 2.24) is 9.99 Å². The Balaban J connectivity index is 1.18. The van der Waals surface area contributed by atoms with Crippen LogP contribution in [0.5, 0.6) is 11.5 Å². The minimum atomic E-state index is -4.77. The molecule has 0 radical (unpaired) electrons. The molecule has 61 heavy (non-hydrogen) atoms. The van der Waals surface area contributed by atoms with Crippen molar-refractivity contribution in [2.45, 2.75) is 30.4 Å². The zero-order valence-corrected chi connectivity index (χ0v) is 35.2. The summed E-state index contributed by atoms with van der Waals surface area (Å²) in [5.74, 6) is -7.63. The van der Waals surface area contributed by atoms with E-state index in [0.29, 0.717) is 66.0 Å². The fourth-order valence-corrected chi connectivity index (χ4v) is 10.8. The Morgan fingerprint density at radius 1 is 0.934 bits per heavy atom. The van der Waals surface area contributed by atoms with Gasteiger partial charge in [-0.2, -0.15) is 18.2 Å². The van der Waals surface area contributed by atoms with E-state index >= 15 is 9.59 Å². The van der Waals surface area contributed by atoms with Crippen LogP contribution in [0.15, 0.2) is 89.0 Å². The number of carbonyl (C=O) groups is 4. The number of nitrogens with zero attached hydrogens (tertiary/aromatic N) is 4. The Morgan fingerprint density at radius 2 is 1.62 bits per heavy atom. The fraction of sp³-hybridized carbons (Fsp3) is 0.326. The number of nitrogens with one attached hydrogen (secondary N) is 1. The standard InChI is InChI=1S/C43H35BrCl2F3N5O7/c1-60-33-17-21(16-31(44)36(33)55)35-27-10-11-28-34(40(58)53(38(28)56)26-8-6-25(7-9-26)52-12-14-61-15-13-52)29(27)19-30-39(57)54(41(59)42(30,35)22-2-4-24(45)5-3-22)51-37-32(46)18-23(20-50-37)43(47,48)49/h2-10,16-18,20,28-30,34-35,55H,11-15,19H2,1H3,(H,50,51)/t28-,29+,30-,34-,35-,42+/m0/s1. The molecule has 4 aromatic rings. The molecule has 0 unspecified atom stereocenters. The molecule has 4 fully saturated rings. The topological polar surface area (TPSA) is 142 Å². The number of benzene rings is 3. The molecule has 2 aliphatic carbocycles. The average molecular weight is 942 g/mol. The van der Waals surface area contributed by atoms with Crippen molar-refractivity contribution >= 4 is 80.0 Å². The Bertz CT molecular complexity index is 2520. The molecule has 3 aliphatic heterocycles. The molecule has 3 saturated heterocycles. The number of anilines is 3. The lowest BCUT2D eigenvalue weighted by Crippen LogP contribution is -2.53. The fourth-order valence-electron chi connectivity index (χ4n) is 9.96. The molecule has 6 atom stereocenters. The third-order valence-electron chi connectivity index (χ3n) is 12.6. The largest absolute Gasteiger partial charge is 0.503 e. The highest BCUT2D eigenvalue weighted by molar-refractivity contribution is 9.10. The first-order valence-electron chi connectivity index (χ1n) is 19.4. The number of carbonyl (C=O) groups excluding carboxylic acids is 4. The molecule has 4 amide bonds. The van der Waals surface area contributed by atoms with Crippen molar-refractivity contribution in [2.24, 2.45) is 23.7 Å². The van der Waals surface area contributed by atoms with Gasteiger partial charge in [-0.25, -0.2) is 4.98 Å². The monoisotopic (exact) mass is 939 g/mol. The van der Waals surface area contributed by atoms with E-state index in [-0.39, 0.29) is 40.5 Å². The molecule has 12 nitrogen and oxygen atoms in total. The maximum Gasteiger partial charge on any atom is 0.417 e. The number of alkyl halides is 3. The maximum absolute atomic E-state index is 15.5. The zero-order chi connectivity index (χ0) is 43.1. The number of fused-ring (bicyclic) bond motifs is 4. The first kappa shape index (κ1) is 41.2. The van der Waals surface area contributed by atoms with Gasteiger partial charge in [-0.1, -0.05) is 47.0 Å². The van der Waals surface area contributed by atoms with Gasteiger partial charge in [-0.3, -0.25) is 29.5 Å². The van der Waals surface area contributed by atoms with Crippen LogP contribution in [-0.4, -0.2) is 72.1 Å². The molecule has 0 spiro atoms. The predicted octanol–water partition coefficient (Wildman–Crippen LogP) is 7.91. The Labute approximate surface area is 365 Å². The summed E-state index contributed by atoms with van der Waals surface area (Å²) in [6.45, 7) is 2.57. The van der Waals surface area contributed by atoms with E-state index in [2.05, 4.69) is 31.2 Å². The Hall–Kier alpha value is -5.16. The molecular weight excluding hydrogens is 906 g/mol. The van der Waals surface area contributed by atoms with Gasteiger partial charge in [-0.15, -0.1) is 0 Å². The summed E-state index contributed by atoms with van der Waals surface area (Å²) in [5, 5.41) is 11.5. The van der Waals surface area contributed by atoms with Crippen LogP contribution in [0.25, 0.3) is 0 Å². The smallest absolute Gasteiger partial charge is 0.417 e. The van der Waals surface area contributed by atoms with Crippen molar-refractivity contribution in [3.63, 3.8) is 0 Å². The van der Waals surface area contributed by atoms with Gasteiger partial charge in [0.1, 0.15) is 0 Å². The van der Waals surface area contributed by atoms with E-state index < -0.39 is 69.5 Å². The average Bonchev–Trinajstić information content (AvgIpc) is 3.63. The summed E-state index contributed by atoms with van der Waals surface area (Å²) in [7, 11) is 1.36. The summed E-state index contributed by atoms with van der Waals surface area (Å²) >= 11 is 16.1. The zero-order valence-electron chi connectivity index (χ0n) is 32.1. The number of pyridine rings is 1. The number of allylic oxidation sites excluding steroid dienone is 2. The van der Waals surface area contributed by atoms with Crippen LogP contribution in [-0.2, 0) is 35.5 Å². The number of ether oxygens (including phenoxy) is 2. The van der Waals surface area contributed by atoms with E-state index in [1.807, 2.05) is 18.2 Å². The Kier molecular flexibility index (Phi) is 10.4. The number of imide groups is 2. The first-order chi connectivity index (χ1) is 29.1. The van der Waals surface area contributed by atoms with Crippen molar-refractivity contribution in [2.75, 3.05) is 48.6 Å². The normalized spacial score (nSPS) is 26.2. The van der Waals surface area contributed by atoms with Crippen LogP contribution in [0, 0.1) is 23.7 Å². The van der Waals surface area contributed by atoms with E-state index in [4.69, 9.17) is 32.7 Å². The molecule has 9 rings (SSSR count). The number of amides is 4. The van der Waals surface area contributed by atoms with Gasteiger partial charge in [0.15, 0.2) is 17.3 Å². The third kappa shape index (κ3) is 6.55. The van der Waals surface area contributed by atoms with Gasteiger partial charge in [0, 0.05) is 35.9 Å². The quantitative estimate of drug-likeness (QED) is 0.139. The molecule has 0 bridgehead atoms. The number of phenols is 1.